The predicted molar refractivity (Wildman–Crippen MR) is 76.0 cm³/mol. The summed E-state index contributed by atoms with van der Waals surface area (Å²) in [5, 5.41) is 10.2. The third-order valence-corrected chi connectivity index (χ3v) is 4.29. The van der Waals surface area contributed by atoms with Crippen LogP contribution in [-0.2, 0) is 20.3 Å². The van der Waals surface area contributed by atoms with Gasteiger partial charge in [-0.1, -0.05) is 23.7 Å². The summed E-state index contributed by atoms with van der Waals surface area (Å²) in [6.07, 6.45) is -1.03. The minimum atomic E-state index is -3.37. The first-order valence-electron chi connectivity index (χ1n) is 6.03. The molecular formula is C13H19ClO4S. The van der Waals surface area contributed by atoms with Crippen molar-refractivity contribution in [3.63, 3.8) is 0 Å². The Kier molecular flexibility index (Phi) is 6.26. The largest absolute Gasteiger partial charge is 0.390 e. The molecule has 6 heteroatoms. The Morgan fingerprint density at radius 3 is 2.37 bits per heavy atom. The summed E-state index contributed by atoms with van der Waals surface area (Å²) < 4.78 is 29.0. The molecule has 1 aromatic carbocycles. The number of hydrogen-bond donors (Lipinski definition) is 1. The molecule has 1 aromatic rings. The first kappa shape index (κ1) is 16.4. The minimum absolute atomic E-state index is 0.0253. The minimum Gasteiger partial charge on any atom is -0.390 e. The van der Waals surface area contributed by atoms with Crippen molar-refractivity contribution in [3.05, 3.63) is 34.9 Å². The van der Waals surface area contributed by atoms with Crippen LogP contribution in [0.3, 0.4) is 0 Å². The van der Waals surface area contributed by atoms with E-state index in [1.807, 2.05) is 13.8 Å². The van der Waals surface area contributed by atoms with Crippen LogP contribution in [0.1, 0.15) is 19.4 Å². The van der Waals surface area contributed by atoms with Crippen LogP contribution in [0.2, 0.25) is 5.02 Å². The van der Waals surface area contributed by atoms with Gasteiger partial charge in [-0.15, -0.1) is 0 Å². The molecule has 0 bridgehead atoms. The van der Waals surface area contributed by atoms with E-state index in [1.54, 1.807) is 24.3 Å². The van der Waals surface area contributed by atoms with Crippen LogP contribution in [-0.4, -0.2) is 38.1 Å². The third kappa shape index (κ3) is 6.92. The molecule has 0 spiro atoms. The van der Waals surface area contributed by atoms with E-state index in [0.717, 1.165) is 0 Å². The first-order chi connectivity index (χ1) is 8.78. The highest BCUT2D eigenvalue weighted by atomic mass is 35.5. The van der Waals surface area contributed by atoms with Gasteiger partial charge in [0.1, 0.15) is 0 Å². The van der Waals surface area contributed by atoms with Crippen LogP contribution in [0.25, 0.3) is 0 Å². The zero-order chi connectivity index (χ0) is 14.5. The number of hydrogen-bond acceptors (Lipinski definition) is 4. The Labute approximate surface area is 119 Å². The molecule has 0 saturated carbocycles. The quantitative estimate of drug-likeness (QED) is 0.837. The van der Waals surface area contributed by atoms with E-state index in [1.165, 1.54) is 0 Å². The topological polar surface area (TPSA) is 63.6 Å². The summed E-state index contributed by atoms with van der Waals surface area (Å²) in [5.41, 5.74) is 0.654. The molecule has 0 heterocycles. The van der Waals surface area contributed by atoms with Crippen molar-refractivity contribution in [2.75, 3.05) is 12.4 Å². The Morgan fingerprint density at radius 2 is 1.84 bits per heavy atom. The maximum absolute atomic E-state index is 11.9. The molecule has 0 aliphatic heterocycles. The molecule has 0 radical (unpaired) electrons. The zero-order valence-electron chi connectivity index (χ0n) is 11.0. The summed E-state index contributed by atoms with van der Waals surface area (Å²) in [5.74, 6) is -0.411. The van der Waals surface area contributed by atoms with Crippen molar-refractivity contribution in [2.24, 2.45) is 0 Å². The number of aliphatic hydroxyl groups excluding tert-OH is 1. The first-order valence-corrected chi connectivity index (χ1v) is 8.23. The molecule has 1 atom stereocenters. The Hall–Kier alpha value is -0.620. The standard InChI is InChI=1S/C13H19ClO4S/c1-10(2)18-7-13(15)9-19(16,17)8-11-3-5-12(14)6-4-11/h3-6,10,13,15H,7-9H2,1-2H3/t13-/m1/s1. The zero-order valence-corrected chi connectivity index (χ0v) is 12.6. The second-order valence-electron chi connectivity index (χ2n) is 4.72. The average molecular weight is 307 g/mol. The molecule has 4 nitrogen and oxygen atoms in total. The summed E-state index contributed by atoms with van der Waals surface area (Å²) >= 11 is 5.73. The van der Waals surface area contributed by atoms with Crippen molar-refractivity contribution in [2.45, 2.75) is 31.8 Å². The van der Waals surface area contributed by atoms with Crippen molar-refractivity contribution >= 4 is 21.4 Å². The number of rotatable bonds is 7. The molecule has 19 heavy (non-hydrogen) atoms. The number of benzene rings is 1. The van der Waals surface area contributed by atoms with Gasteiger partial charge in [-0.25, -0.2) is 8.42 Å². The van der Waals surface area contributed by atoms with Gasteiger partial charge in [0.05, 0.1) is 30.3 Å². The SMILES string of the molecule is CC(C)OC[C@@H](O)CS(=O)(=O)Cc1ccc(Cl)cc1. The van der Waals surface area contributed by atoms with Crippen molar-refractivity contribution < 1.29 is 18.3 Å². The molecule has 0 fully saturated rings. The van der Waals surface area contributed by atoms with Gasteiger partial charge in [0.2, 0.25) is 0 Å². The highest BCUT2D eigenvalue weighted by Gasteiger charge is 2.18. The molecule has 0 aliphatic rings. The van der Waals surface area contributed by atoms with Crippen LogP contribution >= 0.6 is 11.6 Å². The second-order valence-corrected chi connectivity index (χ2v) is 7.26. The van der Waals surface area contributed by atoms with Gasteiger partial charge >= 0.3 is 0 Å². The van der Waals surface area contributed by atoms with Crippen molar-refractivity contribution in [1.82, 2.24) is 0 Å². The van der Waals surface area contributed by atoms with E-state index in [9.17, 15) is 13.5 Å². The average Bonchev–Trinajstić information content (AvgIpc) is 2.28. The summed E-state index contributed by atoms with van der Waals surface area (Å²) in [6, 6.07) is 6.61. The third-order valence-electron chi connectivity index (χ3n) is 2.37. The molecule has 108 valence electrons. The highest BCUT2D eigenvalue weighted by Crippen LogP contribution is 2.13. The number of sulfone groups is 1. The van der Waals surface area contributed by atoms with Gasteiger partial charge in [0.15, 0.2) is 9.84 Å². The second kappa shape index (κ2) is 7.24. The fourth-order valence-electron chi connectivity index (χ4n) is 1.54. The predicted octanol–water partition coefficient (Wildman–Crippen LogP) is 2.04. The monoisotopic (exact) mass is 306 g/mol. The van der Waals surface area contributed by atoms with Crippen LogP contribution in [0.5, 0.6) is 0 Å². The van der Waals surface area contributed by atoms with Gasteiger partial charge in [0.25, 0.3) is 0 Å². The molecule has 0 aromatic heterocycles. The maximum atomic E-state index is 11.9. The molecule has 1 N–H and O–H groups in total. The molecule has 1 rings (SSSR count). The van der Waals surface area contributed by atoms with E-state index >= 15 is 0 Å². The Morgan fingerprint density at radius 1 is 1.26 bits per heavy atom. The van der Waals surface area contributed by atoms with E-state index in [-0.39, 0.29) is 24.2 Å². The van der Waals surface area contributed by atoms with E-state index in [4.69, 9.17) is 16.3 Å². The molecule has 0 unspecified atom stereocenters. The molecule has 0 amide bonds. The smallest absolute Gasteiger partial charge is 0.157 e. The lowest BCUT2D eigenvalue weighted by atomic mass is 10.2. The van der Waals surface area contributed by atoms with Gasteiger partial charge in [-0.05, 0) is 31.5 Å². The Bertz CT molecular complexity index is 482. The summed E-state index contributed by atoms with van der Waals surface area (Å²) in [6.45, 7) is 3.68. The maximum Gasteiger partial charge on any atom is 0.157 e. The summed E-state index contributed by atoms with van der Waals surface area (Å²) in [4.78, 5) is 0. The fourth-order valence-corrected chi connectivity index (χ4v) is 3.16. The van der Waals surface area contributed by atoms with Gasteiger partial charge in [-0.2, -0.15) is 0 Å². The highest BCUT2D eigenvalue weighted by molar-refractivity contribution is 7.90. The van der Waals surface area contributed by atoms with Crippen LogP contribution in [0.15, 0.2) is 24.3 Å². The van der Waals surface area contributed by atoms with E-state index in [2.05, 4.69) is 0 Å². The molecule has 0 saturated heterocycles. The van der Waals surface area contributed by atoms with Crippen molar-refractivity contribution in [3.8, 4) is 0 Å². The number of aliphatic hydroxyl groups is 1. The van der Waals surface area contributed by atoms with Gasteiger partial charge in [0, 0.05) is 5.02 Å². The lowest BCUT2D eigenvalue weighted by molar-refractivity contribution is 0.0146. The Balaban J connectivity index is 2.54. The van der Waals surface area contributed by atoms with Crippen molar-refractivity contribution in [1.29, 1.82) is 0 Å². The summed E-state index contributed by atoms with van der Waals surface area (Å²) in [7, 11) is -3.37. The van der Waals surface area contributed by atoms with E-state index in [0.29, 0.717) is 10.6 Å². The normalized spacial score (nSPS) is 13.7. The van der Waals surface area contributed by atoms with Gasteiger partial charge < -0.3 is 9.84 Å². The molecular weight excluding hydrogens is 288 g/mol. The molecule has 0 aliphatic carbocycles. The number of ether oxygens (including phenoxy) is 1. The lowest BCUT2D eigenvalue weighted by Gasteiger charge is -2.13. The van der Waals surface area contributed by atoms with Crippen LogP contribution in [0.4, 0.5) is 0 Å². The van der Waals surface area contributed by atoms with Crippen LogP contribution in [0, 0.1) is 0 Å². The number of halogens is 1. The fraction of sp³-hybridized carbons (Fsp3) is 0.538. The lowest BCUT2D eigenvalue weighted by Crippen LogP contribution is -2.27. The van der Waals surface area contributed by atoms with Gasteiger partial charge in [-0.3, -0.25) is 0 Å². The van der Waals surface area contributed by atoms with Crippen LogP contribution < -0.4 is 0 Å². The van der Waals surface area contributed by atoms with E-state index < -0.39 is 15.9 Å².